The maximum absolute atomic E-state index is 12.1. The summed E-state index contributed by atoms with van der Waals surface area (Å²) in [6.45, 7) is 3.81. The van der Waals surface area contributed by atoms with Gasteiger partial charge < -0.3 is 9.73 Å². The van der Waals surface area contributed by atoms with Crippen molar-refractivity contribution < 1.29 is 9.21 Å². The zero-order valence-electron chi connectivity index (χ0n) is 13.1. The Labute approximate surface area is 146 Å². The summed E-state index contributed by atoms with van der Waals surface area (Å²) in [7, 11) is 0. The minimum atomic E-state index is -0.178. The van der Waals surface area contributed by atoms with Gasteiger partial charge in [0.05, 0.1) is 5.56 Å². The van der Waals surface area contributed by atoms with Crippen LogP contribution in [-0.2, 0) is 11.2 Å². The molecule has 24 heavy (non-hydrogen) atoms. The van der Waals surface area contributed by atoms with Gasteiger partial charge in [0.15, 0.2) is 0 Å². The Kier molecular flexibility index (Phi) is 4.74. The quantitative estimate of drug-likeness (QED) is 0.746. The third kappa shape index (κ3) is 3.37. The highest BCUT2D eigenvalue weighted by Gasteiger charge is 2.16. The first-order valence-electron chi connectivity index (χ1n) is 7.23. The predicted octanol–water partition coefficient (Wildman–Crippen LogP) is 3.92. The molecule has 0 bridgehead atoms. The highest BCUT2D eigenvalue weighted by Crippen LogP contribution is 2.31. The van der Waals surface area contributed by atoms with E-state index >= 15 is 0 Å². The van der Waals surface area contributed by atoms with Gasteiger partial charge in [-0.15, -0.1) is 21.5 Å². The maximum atomic E-state index is 12.1. The number of nitrogens with one attached hydrogen (secondary N) is 1. The van der Waals surface area contributed by atoms with Crippen LogP contribution < -0.4 is 5.32 Å². The minimum absolute atomic E-state index is 0.178. The largest absolute Gasteiger partial charge is 0.421 e. The fourth-order valence-corrected chi connectivity index (χ4v) is 3.77. The van der Waals surface area contributed by atoms with Crippen molar-refractivity contribution in [1.29, 1.82) is 5.26 Å². The van der Waals surface area contributed by atoms with E-state index in [9.17, 15) is 10.1 Å². The van der Waals surface area contributed by atoms with Crippen molar-refractivity contribution in [2.24, 2.45) is 0 Å². The van der Waals surface area contributed by atoms with E-state index in [0.29, 0.717) is 28.8 Å². The molecule has 3 heterocycles. The van der Waals surface area contributed by atoms with Gasteiger partial charge in [-0.25, -0.2) is 0 Å². The van der Waals surface area contributed by atoms with Gasteiger partial charge in [-0.1, -0.05) is 0 Å². The first-order chi connectivity index (χ1) is 11.6. The fraction of sp³-hybridized carbons (Fsp3) is 0.250. The lowest BCUT2D eigenvalue weighted by atomic mass is 10.2. The van der Waals surface area contributed by atoms with Crippen molar-refractivity contribution in [3.8, 4) is 17.5 Å². The molecule has 0 unspecified atom stereocenters. The molecule has 1 N–H and O–H groups in total. The Morgan fingerprint density at radius 1 is 1.42 bits per heavy atom. The van der Waals surface area contributed by atoms with Crippen LogP contribution >= 0.6 is 22.7 Å². The second-order valence-corrected chi connectivity index (χ2v) is 7.17. The Bertz CT molecular complexity index is 903. The van der Waals surface area contributed by atoms with E-state index in [2.05, 4.69) is 21.6 Å². The molecule has 3 rings (SSSR count). The summed E-state index contributed by atoms with van der Waals surface area (Å²) >= 11 is 2.97. The van der Waals surface area contributed by atoms with Gasteiger partial charge in [-0.3, -0.25) is 4.79 Å². The summed E-state index contributed by atoms with van der Waals surface area (Å²) in [4.78, 5) is 13.1. The second kappa shape index (κ2) is 6.95. The van der Waals surface area contributed by atoms with E-state index in [1.807, 2.05) is 30.7 Å². The molecule has 3 aromatic heterocycles. The number of thiophene rings is 2. The number of amides is 1. The molecule has 0 radical (unpaired) electrons. The first-order valence-corrected chi connectivity index (χ1v) is 8.99. The van der Waals surface area contributed by atoms with Gasteiger partial charge in [0.2, 0.25) is 17.7 Å². The van der Waals surface area contributed by atoms with Crippen LogP contribution in [0.4, 0.5) is 5.00 Å². The van der Waals surface area contributed by atoms with E-state index in [4.69, 9.17) is 4.42 Å². The van der Waals surface area contributed by atoms with Crippen LogP contribution in [0.1, 0.15) is 28.3 Å². The van der Waals surface area contributed by atoms with Gasteiger partial charge in [-0.2, -0.15) is 16.6 Å². The van der Waals surface area contributed by atoms with Crippen LogP contribution in [0.25, 0.3) is 11.5 Å². The molecule has 8 heteroatoms. The number of hydrogen-bond donors (Lipinski definition) is 1. The van der Waals surface area contributed by atoms with Crippen molar-refractivity contribution in [3.63, 3.8) is 0 Å². The number of nitriles is 1. The van der Waals surface area contributed by atoms with Crippen LogP contribution in [0.2, 0.25) is 0 Å². The highest BCUT2D eigenvalue weighted by molar-refractivity contribution is 7.16. The summed E-state index contributed by atoms with van der Waals surface area (Å²) in [5, 5.41) is 24.4. The molecule has 0 aliphatic rings. The number of aromatic nitrogens is 2. The Hall–Kier alpha value is -2.50. The van der Waals surface area contributed by atoms with Gasteiger partial charge in [0.25, 0.3) is 0 Å². The van der Waals surface area contributed by atoms with Gasteiger partial charge in [0, 0.05) is 28.7 Å². The number of aryl methyl sites for hydroxylation is 2. The van der Waals surface area contributed by atoms with Crippen molar-refractivity contribution in [1.82, 2.24) is 10.2 Å². The lowest BCUT2D eigenvalue weighted by Crippen LogP contribution is -2.12. The zero-order chi connectivity index (χ0) is 17.1. The molecule has 1 amide bonds. The molecule has 0 saturated heterocycles. The first kappa shape index (κ1) is 16.4. The fourth-order valence-electron chi connectivity index (χ4n) is 2.12. The van der Waals surface area contributed by atoms with E-state index in [0.717, 1.165) is 16.0 Å². The average Bonchev–Trinajstić information content (AvgIpc) is 3.28. The van der Waals surface area contributed by atoms with Crippen LogP contribution in [-0.4, -0.2) is 16.1 Å². The standard InChI is InChI=1S/C16H14N4O2S2/c1-9-10(2)24-16(12(9)7-17)18-13(21)3-4-14-19-20-15(22-14)11-5-6-23-8-11/h5-6,8H,3-4H2,1-2H3,(H,18,21). The van der Waals surface area contributed by atoms with E-state index in [1.165, 1.54) is 11.3 Å². The third-order valence-electron chi connectivity index (χ3n) is 3.55. The average molecular weight is 358 g/mol. The Morgan fingerprint density at radius 3 is 2.96 bits per heavy atom. The summed E-state index contributed by atoms with van der Waals surface area (Å²) in [6.07, 6.45) is 0.570. The topological polar surface area (TPSA) is 91.8 Å². The Morgan fingerprint density at radius 2 is 2.25 bits per heavy atom. The smallest absolute Gasteiger partial charge is 0.248 e. The van der Waals surface area contributed by atoms with Crippen molar-refractivity contribution in [3.05, 3.63) is 38.7 Å². The number of rotatable bonds is 5. The van der Waals surface area contributed by atoms with Crippen LogP contribution in [0.15, 0.2) is 21.2 Å². The molecule has 0 saturated carbocycles. The number of anilines is 1. The molecule has 0 spiro atoms. The molecule has 0 aromatic carbocycles. The SMILES string of the molecule is Cc1sc(NC(=O)CCc2nnc(-c3ccsc3)o2)c(C#N)c1C. The normalized spacial score (nSPS) is 10.5. The lowest BCUT2D eigenvalue weighted by Gasteiger charge is -2.01. The molecule has 6 nitrogen and oxygen atoms in total. The van der Waals surface area contributed by atoms with Crippen LogP contribution in [0.3, 0.4) is 0 Å². The van der Waals surface area contributed by atoms with Crippen LogP contribution in [0, 0.1) is 25.2 Å². The molecular weight excluding hydrogens is 344 g/mol. The molecule has 3 aromatic rings. The number of carbonyl (C=O) groups excluding carboxylic acids is 1. The second-order valence-electron chi connectivity index (χ2n) is 5.16. The number of nitrogens with zero attached hydrogens (tertiary/aromatic N) is 3. The van der Waals surface area contributed by atoms with Gasteiger partial charge >= 0.3 is 0 Å². The summed E-state index contributed by atoms with van der Waals surface area (Å²) in [5.41, 5.74) is 2.32. The summed E-state index contributed by atoms with van der Waals surface area (Å²) in [6, 6.07) is 4.04. The molecule has 122 valence electrons. The lowest BCUT2D eigenvalue weighted by molar-refractivity contribution is -0.116. The summed E-state index contributed by atoms with van der Waals surface area (Å²) < 4.78 is 5.55. The van der Waals surface area contributed by atoms with Gasteiger partial charge in [-0.05, 0) is 30.9 Å². The van der Waals surface area contributed by atoms with Crippen molar-refractivity contribution >= 4 is 33.6 Å². The minimum Gasteiger partial charge on any atom is -0.421 e. The van der Waals surface area contributed by atoms with E-state index < -0.39 is 0 Å². The van der Waals surface area contributed by atoms with E-state index in [-0.39, 0.29) is 12.3 Å². The van der Waals surface area contributed by atoms with E-state index in [1.54, 1.807) is 11.3 Å². The van der Waals surface area contributed by atoms with Gasteiger partial charge in [0.1, 0.15) is 11.1 Å². The highest BCUT2D eigenvalue weighted by atomic mass is 32.1. The van der Waals surface area contributed by atoms with Crippen molar-refractivity contribution in [2.45, 2.75) is 26.7 Å². The predicted molar refractivity (Wildman–Crippen MR) is 93.1 cm³/mol. The summed E-state index contributed by atoms with van der Waals surface area (Å²) in [5.74, 6) is 0.705. The number of carbonyl (C=O) groups is 1. The zero-order valence-corrected chi connectivity index (χ0v) is 14.8. The molecule has 0 atom stereocenters. The molecular formula is C16H14N4O2S2. The van der Waals surface area contributed by atoms with Crippen LogP contribution in [0.5, 0.6) is 0 Å². The Balaban J connectivity index is 1.60. The molecule has 0 aliphatic carbocycles. The van der Waals surface area contributed by atoms with Crippen molar-refractivity contribution in [2.75, 3.05) is 5.32 Å². The number of hydrogen-bond acceptors (Lipinski definition) is 7. The molecule has 0 aliphatic heterocycles. The monoisotopic (exact) mass is 358 g/mol. The molecule has 0 fully saturated rings. The maximum Gasteiger partial charge on any atom is 0.248 e. The third-order valence-corrected chi connectivity index (χ3v) is 5.36.